The number of likely N-dealkylation sites (tertiary alicyclic amines) is 1. The van der Waals surface area contributed by atoms with E-state index in [1.165, 1.54) is 12.1 Å². The molecule has 1 heterocycles. The fraction of sp³-hybridized carbons (Fsp3) is 0.300. The summed E-state index contributed by atoms with van der Waals surface area (Å²) in [6.45, 7) is 1.44. The van der Waals surface area contributed by atoms with Crippen LogP contribution in [0.5, 0.6) is 0 Å². The molecule has 2 aromatic rings. The Kier molecular flexibility index (Phi) is 4.99. The standard InChI is InChI=1S/C20H20FN3O/c21-18-8-6-16(7-9-18)14-23-19(25)24-12-10-20(15-22,11-13-24)17-4-2-1-3-5-17/h1-9H,10-14H2,(H,23,25). The fourth-order valence-electron chi connectivity index (χ4n) is 3.21. The average Bonchev–Trinajstić information content (AvgIpc) is 2.68. The van der Waals surface area contributed by atoms with Crippen molar-refractivity contribution in [3.05, 3.63) is 71.5 Å². The van der Waals surface area contributed by atoms with E-state index in [1.54, 1.807) is 17.0 Å². The van der Waals surface area contributed by atoms with Gasteiger partial charge in [-0.1, -0.05) is 42.5 Å². The fourth-order valence-corrected chi connectivity index (χ4v) is 3.21. The monoisotopic (exact) mass is 337 g/mol. The van der Waals surface area contributed by atoms with E-state index in [0.29, 0.717) is 32.5 Å². The number of halogens is 1. The molecule has 0 aromatic heterocycles. The van der Waals surface area contributed by atoms with Gasteiger partial charge in [0.25, 0.3) is 0 Å². The molecule has 2 amide bonds. The number of nitrogens with one attached hydrogen (secondary N) is 1. The average molecular weight is 337 g/mol. The first-order chi connectivity index (χ1) is 12.1. The number of rotatable bonds is 3. The van der Waals surface area contributed by atoms with Crippen LogP contribution >= 0.6 is 0 Å². The summed E-state index contributed by atoms with van der Waals surface area (Å²) >= 11 is 0. The Morgan fingerprint density at radius 2 is 1.76 bits per heavy atom. The number of nitrogens with zero attached hydrogens (tertiary/aromatic N) is 2. The molecule has 1 saturated heterocycles. The van der Waals surface area contributed by atoms with E-state index in [4.69, 9.17) is 0 Å². The zero-order valence-electron chi connectivity index (χ0n) is 13.9. The largest absolute Gasteiger partial charge is 0.334 e. The Morgan fingerprint density at radius 3 is 2.36 bits per heavy atom. The Morgan fingerprint density at radius 1 is 1.12 bits per heavy atom. The van der Waals surface area contributed by atoms with E-state index < -0.39 is 5.41 Å². The van der Waals surface area contributed by atoms with Gasteiger partial charge >= 0.3 is 6.03 Å². The minimum Gasteiger partial charge on any atom is -0.334 e. The van der Waals surface area contributed by atoms with Gasteiger partial charge in [0.1, 0.15) is 5.82 Å². The number of hydrogen-bond acceptors (Lipinski definition) is 2. The molecule has 0 atom stereocenters. The number of urea groups is 1. The minimum absolute atomic E-state index is 0.149. The molecule has 0 unspecified atom stereocenters. The van der Waals surface area contributed by atoms with E-state index in [0.717, 1.165) is 11.1 Å². The topological polar surface area (TPSA) is 56.1 Å². The Bertz CT molecular complexity index is 760. The van der Waals surface area contributed by atoms with Gasteiger partial charge in [0.15, 0.2) is 0 Å². The van der Waals surface area contributed by atoms with Gasteiger partial charge in [-0.15, -0.1) is 0 Å². The summed E-state index contributed by atoms with van der Waals surface area (Å²) in [7, 11) is 0. The molecule has 4 nitrogen and oxygen atoms in total. The lowest BCUT2D eigenvalue weighted by Gasteiger charge is -2.37. The van der Waals surface area contributed by atoms with Gasteiger partial charge in [0.2, 0.25) is 0 Å². The van der Waals surface area contributed by atoms with Gasteiger partial charge in [-0.2, -0.15) is 5.26 Å². The van der Waals surface area contributed by atoms with Crippen LogP contribution in [0.2, 0.25) is 0 Å². The first kappa shape index (κ1) is 17.0. The molecule has 5 heteroatoms. The maximum Gasteiger partial charge on any atom is 0.317 e. The lowest BCUT2D eigenvalue weighted by molar-refractivity contribution is 0.171. The molecule has 25 heavy (non-hydrogen) atoms. The molecule has 1 fully saturated rings. The second kappa shape index (κ2) is 7.35. The van der Waals surface area contributed by atoms with E-state index in [9.17, 15) is 14.4 Å². The number of amides is 2. The van der Waals surface area contributed by atoms with Crippen LogP contribution in [0.15, 0.2) is 54.6 Å². The Balaban J connectivity index is 1.57. The summed E-state index contributed by atoms with van der Waals surface area (Å²) in [6, 6.07) is 18.2. The van der Waals surface area contributed by atoms with Crippen molar-refractivity contribution < 1.29 is 9.18 Å². The second-order valence-electron chi connectivity index (χ2n) is 6.33. The molecule has 2 aromatic carbocycles. The van der Waals surface area contributed by atoms with Crippen molar-refractivity contribution in [2.75, 3.05) is 13.1 Å². The molecule has 3 rings (SSSR count). The summed E-state index contributed by atoms with van der Waals surface area (Å²) in [5.41, 5.74) is 1.35. The van der Waals surface area contributed by atoms with Crippen molar-refractivity contribution in [3.8, 4) is 6.07 Å². The molecule has 1 N–H and O–H groups in total. The van der Waals surface area contributed by atoms with Crippen molar-refractivity contribution in [3.63, 3.8) is 0 Å². The van der Waals surface area contributed by atoms with Crippen LogP contribution in [0.4, 0.5) is 9.18 Å². The smallest absolute Gasteiger partial charge is 0.317 e. The summed E-state index contributed by atoms with van der Waals surface area (Å²) in [5, 5.41) is 12.5. The van der Waals surface area contributed by atoms with Crippen molar-refractivity contribution in [2.24, 2.45) is 0 Å². The van der Waals surface area contributed by atoms with Gasteiger partial charge in [-0.25, -0.2) is 9.18 Å². The van der Waals surface area contributed by atoms with Crippen molar-refractivity contribution >= 4 is 6.03 Å². The van der Waals surface area contributed by atoms with Gasteiger partial charge in [0.05, 0.1) is 11.5 Å². The number of benzene rings is 2. The third-order valence-electron chi connectivity index (χ3n) is 4.80. The highest BCUT2D eigenvalue weighted by Crippen LogP contribution is 2.34. The van der Waals surface area contributed by atoms with Gasteiger partial charge in [0, 0.05) is 19.6 Å². The number of nitriles is 1. The third-order valence-corrected chi connectivity index (χ3v) is 4.80. The SMILES string of the molecule is N#CC1(c2ccccc2)CCN(C(=O)NCc2ccc(F)cc2)CC1. The van der Waals surface area contributed by atoms with Crippen molar-refractivity contribution in [1.29, 1.82) is 5.26 Å². The lowest BCUT2D eigenvalue weighted by Crippen LogP contribution is -2.48. The van der Waals surface area contributed by atoms with Crippen LogP contribution in [-0.4, -0.2) is 24.0 Å². The van der Waals surface area contributed by atoms with Crippen LogP contribution in [0.1, 0.15) is 24.0 Å². The molecule has 1 aliphatic rings. The number of carbonyl (C=O) groups excluding carboxylic acids is 1. The highest BCUT2D eigenvalue weighted by atomic mass is 19.1. The lowest BCUT2D eigenvalue weighted by atomic mass is 9.74. The summed E-state index contributed by atoms with van der Waals surface area (Å²) in [4.78, 5) is 14.1. The van der Waals surface area contributed by atoms with Crippen LogP contribution in [0, 0.1) is 17.1 Å². The van der Waals surface area contributed by atoms with E-state index in [-0.39, 0.29) is 11.8 Å². The zero-order chi connectivity index (χ0) is 17.7. The molecule has 0 radical (unpaired) electrons. The van der Waals surface area contributed by atoms with Crippen LogP contribution in [-0.2, 0) is 12.0 Å². The maximum absolute atomic E-state index is 12.9. The molecule has 0 spiro atoms. The number of piperidine rings is 1. The predicted molar refractivity (Wildman–Crippen MR) is 93.2 cm³/mol. The Hall–Kier alpha value is -2.87. The third kappa shape index (κ3) is 3.80. The summed E-state index contributed by atoms with van der Waals surface area (Å²) in [6.07, 6.45) is 1.25. The zero-order valence-corrected chi connectivity index (χ0v) is 13.9. The molecule has 0 saturated carbocycles. The van der Waals surface area contributed by atoms with Gasteiger partial charge in [-0.05, 0) is 36.1 Å². The molecule has 0 bridgehead atoms. The normalized spacial score (nSPS) is 16.1. The van der Waals surface area contributed by atoms with Crippen LogP contribution < -0.4 is 5.32 Å². The first-order valence-electron chi connectivity index (χ1n) is 8.37. The van der Waals surface area contributed by atoms with Crippen LogP contribution in [0.25, 0.3) is 0 Å². The van der Waals surface area contributed by atoms with Gasteiger partial charge in [-0.3, -0.25) is 0 Å². The quantitative estimate of drug-likeness (QED) is 0.930. The first-order valence-corrected chi connectivity index (χ1v) is 8.37. The number of hydrogen-bond donors (Lipinski definition) is 1. The predicted octanol–water partition coefficient (Wildman–Crippen LogP) is 3.59. The molecular weight excluding hydrogens is 317 g/mol. The van der Waals surface area contributed by atoms with Crippen LogP contribution in [0.3, 0.4) is 0 Å². The highest BCUT2D eigenvalue weighted by molar-refractivity contribution is 5.74. The second-order valence-corrected chi connectivity index (χ2v) is 6.33. The van der Waals surface area contributed by atoms with Crippen molar-refractivity contribution in [1.82, 2.24) is 10.2 Å². The molecule has 128 valence electrons. The van der Waals surface area contributed by atoms with Crippen molar-refractivity contribution in [2.45, 2.75) is 24.8 Å². The number of carbonyl (C=O) groups is 1. The minimum atomic E-state index is -0.519. The van der Waals surface area contributed by atoms with E-state index in [1.807, 2.05) is 30.3 Å². The summed E-state index contributed by atoms with van der Waals surface area (Å²) in [5.74, 6) is -0.292. The van der Waals surface area contributed by atoms with E-state index in [2.05, 4.69) is 11.4 Å². The maximum atomic E-state index is 12.9. The molecule has 0 aliphatic carbocycles. The highest BCUT2D eigenvalue weighted by Gasteiger charge is 2.37. The Labute approximate surface area is 146 Å². The summed E-state index contributed by atoms with van der Waals surface area (Å²) < 4.78 is 12.9. The molecular formula is C20H20FN3O. The van der Waals surface area contributed by atoms with Gasteiger partial charge < -0.3 is 10.2 Å². The molecule has 1 aliphatic heterocycles. The van der Waals surface area contributed by atoms with E-state index >= 15 is 0 Å².